The summed E-state index contributed by atoms with van der Waals surface area (Å²) in [4.78, 5) is 11.5. The van der Waals surface area contributed by atoms with Gasteiger partial charge in [-0.3, -0.25) is 4.79 Å². The third-order valence-corrected chi connectivity index (χ3v) is 2.50. The van der Waals surface area contributed by atoms with Gasteiger partial charge in [-0.05, 0) is 25.0 Å². The van der Waals surface area contributed by atoms with Gasteiger partial charge < -0.3 is 10.1 Å². The summed E-state index contributed by atoms with van der Waals surface area (Å²) in [5.41, 5.74) is 1.04. The van der Waals surface area contributed by atoms with Crippen molar-refractivity contribution >= 4 is 17.5 Å². The largest absolute Gasteiger partial charge is 0.494 e. The number of nitrogens with one attached hydrogen (secondary N) is 1. The van der Waals surface area contributed by atoms with E-state index in [9.17, 15) is 4.79 Å². The molecular formula is C14H18ClNO2. The first kappa shape index (κ1) is 14.6. The van der Waals surface area contributed by atoms with Gasteiger partial charge in [-0.2, -0.15) is 0 Å². The number of para-hydroxylation sites is 1. The van der Waals surface area contributed by atoms with E-state index in [0.29, 0.717) is 31.0 Å². The smallest absolute Gasteiger partial charge is 0.220 e. The van der Waals surface area contributed by atoms with Crippen molar-refractivity contribution < 1.29 is 9.53 Å². The topological polar surface area (TPSA) is 38.3 Å². The molecule has 0 fully saturated rings. The Morgan fingerprint density at radius 3 is 2.83 bits per heavy atom. The van der Waals surface area contributed by atoms with Crippen LogP contribution in [0, 0.1) is 0 Å². The third-order valence-electron chi connectivity index (χ3n) is 2.37. The van der Waals surface area contributed by atoms with Gasteiger partial charge in [0.05, 0.1) is 13.2 Å². The van der Waals surface area contributed by atoms with Crippen LogP contribution in [0.3, 0.4) is 0 Å². The van der Waals surface area contributed by atoms with Crippen molar-refractivity contribution in [3.05, 3.63) is 41.4 Å². The zero-order valence-corrected chi connectivity index (χ0v) is 11.3. The van der Waals surface area contributed by atoms with Gasteiger partial charge in [-0.25, -0.2) is 0 Å². The molecule has 98 valence electrons. The molecule has 0 aliphatic rings. The summed E-state index contributed by atoms with van der Waals surface area (Å²) >= 11 is 5.58. The minimum atomic E-state index is -0.0388. The van der Waals surface area contributed by atoms with Crippen molar-refractivity contribution in [2.45, 2.75) is 19.8 Å². The van der Waals surface area contributed by atoms with E-state index in [0.717, 1.165) is 11.3 Å². The highest BCUT2D eigenvalue weighted by atomic mass is 35.5. The zero-order chi connectivity index (χ0) is 13.4. The quantitative estimate of drug-likeness (QED) is 0.825. The third kappa shape index (κ3) is 5.23. The number of hydrogen-bond donors (Lipinski definition) is 1. The number of carbonyl (C=O) groups excluding carboxylic acids is 1. The lowest BCUT2D eigenvalue weighted by Gasteiger charge is -2.09. The zero-order valence-electron chi connectivity index (χ0n) is 10.5. The number of ether oxygens (including phenoxy) is 1. The van der Waals surface area contributed by atoms with E-state index in [-0.39, 0.29) is 5.91 Å². The highest BCUT2D eigenvalue weighted by Gasteiger charge is 2.06. The first-order chi connectivity index (χ1) is 8.63. The molecule has 1 rings (SSSR count). The summed E-state index contributed by atoms with van der Waals surface area (Å²) in [5.74, 6) is 0.803. The van der Waals surface area contributed by atoms with Gasteiger partial charge in [0.1, 0.15) is 5.75 Å². The van der Waals surface area contributed by atoms with Crippen LogP contribution in [0.2, 0.25) is 0 Å². The molecule has 0 heterocycles. The first-order valence-corrected chi connectivity index (χ1v) is 6.32. The fraction of sp³-hybridized carbons (Fsp3) is 0.357. The van der Waals surface area contributed by atoms with Crippen LogP contribution < -0.4 is 10.1 Å². The molecule has 1 aromatic carbocycles. The van der Waals surface area contributed by atoms with E-state index in [4.69, 9.17) is 16.3 Å². The van der Waals surface area contributed by atoms with Gasteiger partial charge in [-0.1, -0.05) is 36.4 Å². The molecule has 0 aliphatic heterocycles. The van der Waals surface area contributed by atoms with E-state index in [2.05, 4.69) is 11.9 Å². The molecule has 0 saturated heterocycles. The van der Waals surface area contributed by atoms with Gasteiger partial charge >= 0.3 is 0 Å². The van der Waals surface area contributed by atoms with E-state index < -0.39 is 0 Å². The number of benzene rings is 1. The summed E-state index contributed by atoms with van der Waals surface area (Å²) in [5, 5.41) is 3.12. The van der Waals surface area contributed by atoms with E-state index in [1.54, 1.807) is 0 Å². The van der Waals surface area contributed by atoms with Crippen molar-refractivity contribution in [1.29, 1.82) is 0 Å². The fourth-order valence-corrected chi connectivity index (χ4v) is 1.60. The van der Waals surface area contributed by atoms with Crippen LogP contribution in [0.15, 0.2) is 35.9 Å². The van der Waals surface area contributed by atoms with Crippen molar-refractivity contribution in [1.82, 2.24) is 5.32 Å². The second-order valence-electron chi connectivity index (χ2n) is 3.83. The van der Waals surface area contributed by atoms with Crippen LogP contribution in [0.1, 0.15) is 18.9 Å². The average Bonchev–Trinajstić information content (AvgIpc) is 2.35. The van der Waals surface area contributed by atoms with Crippen molar-refractivity contribution in [2.75, 3.05) is 13.2 Å². The highest BCUT2D eigenvalue weighted by Crippen LogP contribution is 2.19. The lowest BCUT2D eigenvalue weighted by atomic mass is 10.1. The summed E-state index contributed by atoms with van der Waals surface area (Å²) in [6, 6.07) is 7.75. The minimum absolute atomic E-state index is 0.0388. The van der Waals surface area contributed by atoms with Gasteiger partial charge in [-0.15, -0.1) is 0 Å². The van der Waals surface area contributed by atoms with Crippen LogP contribution in [-0.4, -0.2) is 19.1 Å². The molecular weight excluding hydrogens is 250 g/mol. The molecule has 1 N–H and O–H groups in total. The Balaban J connectivity index is 2.47. The highest BCUT2D eigenvalue weighted by molar-refractivity contribution is 6.29. The molecule has 4 heteroatoms. The molecule has 3 nitrogen and oxygen atoms in total. The van der Waals surface area contributed by atoms with Crippen LogP contribution in [0.5, 0.6) is 5.75 Å². The van der Waals surface area contributed by atoms with E-state index in [1.807, 2.05) is 31.2 Å². The lowest BCUT2D eigenvalue weighted by Crippen LogP contribution is -2.24. The van der Waals surface area contributed by atoms with E-state index >= 15 is 0 Å². The van der Waals surface area contributed by atoms with E-state index in [1.165, 1.54) is 0 Å². The number of halogens is 1. The Hall–Kier alpha value is -1.48. The predicted molar refractivity (Wildman–Crippen MR) is 73.9 cm³/mol. The molecule has 0 aromatic heterocycles. The number of aryl methyl sites for hydroxylation is 1. The molecule has 0 radical (unpaired) electrons. The normalized spacial score (nSPS) is 9.89. The van der Waals surface area contributed by atoms with Crippen molar-refractivity contribution in [2.24, 2.45) is 0 Å². The molecule has 0 bridgehead atoms. The number of carbonyl (C=O) groups is 1. The lowest BCUT2D eigenvalue weighted by molar-refractivity contribution is -0.120. The number of hydrogen-bond acceptors (Lipinski definition) is 2. The monoisotopic (exact) mass is 267 g/mol. The van der Waals surface area contributed by atoms with Crippen molar-refractivity contribution in [3.63, 3.8) is 0 Å². The van der Waals surface area contributed by atoms with Crippen LogP contribution in [-0.2, 0) is 11.2 Å². The average molecular weight is 268 g/mol. The summed E-state index contributed by atoms with van der Waals surface area (Å²) in [6.45, 7) is 6.39. The van der Waals surface area contributed by atoms with Gasteiger partial charge in [0.15, 0.2) is 0 Å². The molecule has 0 atom stereocenters. The number of amides is 1. The Morgan fingerprint density at radius 1 is 1.44 bits per heavy atom. The molecule has 1 aromatic rings. The second-order valence-corrected chi connectivity index (χ2v) is 4.37. The first-order valence-electron chi connectivity index (χ1n) is 5.94. The maximum atomic E-state index is 11.5. The molecule has 0 unspecified atom stereocenters. The van der Waals surface area contributed by atoms with Gasteiger partial charge in [0, 0.05) is 11.5 Å². The SMILES string of the molecule is C=C(Cl)CNC(=O)CCc1ccccc1OCC. The Kier molecular flexibility index (Phi) is 6.29. The molecule has 0 aliphatic carbocycles. The van der Waals surface area contributed by atoms with Gasteiger partial charge in [0.25, 0.3) is 0 Å². The van der Waals surface area contributed by atoms with Crippen LogP contribution >= 0.6 is 11.6 Å². The second kappa shape index (κ2) is 7.77. The number of rotatable bonds is 7. The Morgan fingerprint density at radius 2 is 2.17 bits per heavy atom. The molecule has 0 saturated carbocycles. The standard InChI is InChI=1S/C14H18ClNO2/c1-3-18-13-7-5-4-6-12(13)8-9-14(17)16-10-11(2)15/h4-7H,2-3,8-10H2,1H3,(H,16,17). The predicted octanol–water partition coefficient (Wildman–Crippen LogP) is 2.89. The van der Waals surface area contributed by atoms with Crippen LogP contribution in [0.4, 0.5) is 0 Å². The fourth-order valence-electron chi connectivity index (χ4n) is 1.54. The van der Waals surface area contributed by atoms with Crippen molar-refractivity contribution in [3.8, 4) is 5.75 Å². The Labute approximate surface area is 113 Å². The Bertz CT molecular complexity index is 418. The molecule has 1 amide bonds. The van der Waals surface area contributed by atoms with Crippen LogP contribution in [0.25, 0.3) is 0 Å². The summed E-state index contributed by atoms with van der Waals surface area (Å²) in [7, 11) is 0. The summed E-state index contributed by atoms with van der Waals surface area (Å²) < 4.78 is 5.50. The minimum Gasteiger partial charge on any atom is -0.494 e. The molecule has 0 spiro atoms. The maximum Gasteiger partial charge on any atom is 0.220 e. The molecule has 18 heavy (non-hydrogen) atoms. The maximum absolute atomic E-state index is 11.5. The van der Waals surface area contributed by atoms with Gasteiger partial charge in [0.2, 0.25) is 5.91 Å². The summed E-state index contributed by atoms with van der Waals surface area (Å²) in [6.07, 6.45) is 1.06.